The van der Waals surface area contributed by atoms with Crippen molar-refractivity contribution in [2.45, 2.75) is 39.7 Å². The Kier molecular flexibility index (Phi) is 4.28. The molecule has 0 heterocycles. The Morgan fingerprint density at radius 1 is 1.27 bits per heavy atom. The molecule has 15 heavy (non-hydrogen) atoms. The fraction of sp³-hybridized carbons (Fsp3) is 0.538. The van der Waals surface area contributed by atoms with Crippen LogP contribution in [0.25, 0.3) is 0 Å². The van der Waals surface area contributed by atoms with E-state index in [1.54, 1.807) is 12.1 Å². The molecule has 1 rings (SSSR count). The monoisotopic (exact) mass is 209 g/mol. The van der Waals surface area contributed by atoms with Gasteiger partial charge in [-0.1, -0.05) is 19.9 Å². The molecule has 0 aliphatic heterocycles. The van der Waals surface area contributed by atoms with Crippen LogP contribution < -0.4 is 5.73 Å². The topological polar surface area (TPSA) is 26.0 Å². The first-order valence-electron chi connectivity index (χ1n) is 5.52. The Balaban J connectivity index is 2.72. The average molecular weight is 209 g/mol. The van der Waals surface area contributed by atoms with Crippen molar-refractivity contribution in [2.24, 2.45) is 11.7 Å². The highest BCUT2D eigenvalue weighted by molar-refractivity contribution is 5.29. The smallest absolute Gasteiger partial charge is 0.123 e. The van der Waals surface area contributed by atoms with Crippen LogP contribution in [0.4, 0.5) is 4.39 Å². The van der Waals surface area contributed by atoms with E-state index in [9.17, 15) is 4.39 Å². The van der Waals surface area contributed by atoms with Gasteiger partial charge in [-0.3, -0.25) is 0 Å². The first-order valence-corrected chi connectivity index (χ1v) is 5.52. The van der Waals surface area contributed by atoms with Gasteiger partial charge >= 0.3 is 0 Å². The minimum absolute atomic E-state index is 0.0388. The molecule has 2 heteroatoms. The van der Waals surface area contributed by atoms with Crippen LogP contribution in [0.15, 0.2) is 18.2 Å². The third-order valence-electron chi connectivity index (χ3n) is 2.70. The Hall–Kier alpha value is -0.890. The van der Waals surface area contributed by atoms with E-state index in [-0.39, 0.29) is 11.9 Å². The van der Waals surface area contributed by atoms with Crippen molar-refractivity contribution in [1.29, 1.82) is 0 Å². The summed E-state index contributed by atoms with van der Waals surface area (Å²) in [4.78, 5) is 0. The molecule has 84 valence electrons. The van der Waals surface area contributed by atoms with E-state index in [0.29, 0.717) is 5.92 Å². The Bertz CT molecular complexity index is 320. The molecule has 0 aromatic heterocycles. The van der Waals surface area contributed by atoms with Crippen molar-refractivity contribution in [3.8, 4) is 0 Å². The predicted molar refractivity (Wildman–Crippen MR) is 62.1 cm³/mol. The highest BCUT2D eigenvalue weighted by Gasteiger charge is 2.10. The fourth-order valence-electron chi connectivity index (χ4n) is 1.68. The molecule has 1 aromatic carbocycles. The van der Waals surface area contributed by atoms with Gasteiger partial charge in [0.15, 0.2) is 0 Å². The lowest BCUT2D eigenvalue weighted by Crippen LogP contribution is -2.13. The normalized spacial score (nSPS) is 13.2. The van der Waals surface area contributed by atoms with E-state index in [1.807, 2.05) is 6.92 Å². The predicted octanol–water partition coefficient (Wildman–Crippen LogP) is 3.57. The van der Waals surface area contributed by atoms with Crippen LogP contribution in [0, 0.1) is 18.7 Å². The molecule has 1 aromatic rings. The zero-order chi connectivity index (χ0) is 11.4. The van der Waals surface area contributed by atoms with E-state index in [0.717, 1.165) is 24.0 Å². The highest BCUT2D eigenvalue weighted by atomic mass is 19.1. The molecular formula is C13H20FN. The molecule has 2 N–H and O–H groups in total. The molecule has 0 aliphatic carbocycles. The summed E-state index contributed by atoms with van der Waals surface area (Å²) in [5, 5.41) is 0. The maximum atomic E-state index is 13.1. The van der Waals surface area contributed by atoms with Crippen molar-refractivity contribution in [3.63, 3.8) is 0 Å². The quantitative estimate of drug-likeness (QED) is 0.806. The van der Waals surface area contributed by atoms with Crippen molar-refractivity contribution < 1.29 is 4.39 Å². The third kappa shape index (κ3) is 3.63. The van der Waals surface area contributed by atoms with E-state index < -0.39 is 0 Å². The lowest BCUT2D eigenvalue weighted by molar-refractivity contribution is 0.504. The lowest BCUT2D eigenvalue weighted by Gasteiger charge is -2.15. The maximum Gasteiger partial charge on any atom is 0.123 e. The standard InChI is InChI=1S/C13H20FN/c1-9(2)4-7-13(15)12-8-11(14)6-5-10(12)3/h5-6,8-9,13H,4,7,15H2,1-3H3/t13-/m0/s1. The molecule has 0 bridgehead atoms. The maximum absolute atomic E-state index is 13.1. The fourth-order valence-corrected chi connectivity index (χ4v) is 1.68. The van der Waals surface area contributed by atoms with Crippen molar-refractivity contribution in [2.75, 3.05) is 0 Å². The second-order valence-corrected chi connectivity index (χ2v) is 4.58. The van der Waals surface area contributed by atoms with E-state index >= 15 is 0 Å². The first kappa shape index (κ1) is 12.2. The molecular weight excluding hydrogens is 189 g/mol. The van der Waals surface area contributed by atoms with E-state index in [1.165, 1.54) is 6.07 Å². The highest BCUT2D eigenvalue weighted by Crippen LogP contribution is 2.22. The van der Waals surface area contributed by atoms with Gasteiger partial charge in [0.2, 0.25) is 0 Å². The van der Waals surface area contributed by atoms with Crippen LogP contribution in [0.1, 0.15) is 43.9 Å². The van der Waals surface area contributed by atoms with Gasteiger partial charge < -0.3 is 5.73 Å². The molecule has 1 atom stereocenters. The van der Waals surface area contributed by atoms with Gasteiger partial charge in [0, 0.05) is 6.04 Å². The molecule has 0 saturated carbocycles. The summed E-state index contributed by atoms with van der Waals surface area (Å²) in [7, 11) is 0. The Labute approximate surface area is 91.5 Å². The van der Waals surface area contributed by atoms with Gasteiger partial charge in [0.05, 0.1) is 0 Å². The van der Waals surface area contributed by atoms with Crippen LogP contribution in [-0.4, -0.2) is 0 Å². The average Bonchev–Trinajstić information content (AvgIpc) is 2.18. The van der Waals surface area contributed by atoms with Gasteiger partial charge in [-0.25, -0.2) is 4.39 Å². The number of halogens is 1. The summed E-state index contributed by atoms with van der Waals surface area (Å²) in [6.45, 7) is 6.32. The van der Waals surface area contributed by atoms with Gasteiger partial charge in [0.1, 0.15) is 5.82 Å². The largest absolute Gasteiger partial charge is 0.324 e. The van der Waals surface area contributed by atoms with Crippen LogP contribution in [-0.2, 0) is 0 Å². The molecule has 0 radical (unpaired) electrons. The molecule has 0 spiro atoms. The molecule has 1 nitrogen and oxygen atoms in total. The van der Waals surface area contributed by atoms with Crippen LogP contribution in [0.3, 0.4) is 0 Å². The summed E-state index contributed by atoms with van der Waals surface area (Å²) < 4.78 is 13.1. The minimum Gasteiger partial charge on any atom is -0.324 e. The van der Waals surface area contributed by atoms with Crippen LogP contribution in [0.2, 0.25) is 0 Å². The number of benzene rings is 1. The second-order valence-electron chi connectivity index (χ2n) is 4.58. The third-order valence-corrected chi connectivity index (χ3v) is 2.70. The van der Waals surface area contributed by atoms with Gasteiger partial charge in [-0.15, -0.1) is 0 Å². The molecule has 0 amide bonds. The number of hydrogen-bond donors (Lipinski definition) is 1. The summed E-state index contributed by atoms with van der Waals surface area (Å²) >= 11 is 0. The summed E-state index contributed by atoms with van der Waals surface area (Å²) in [6, 6.07) is 4.79. The Morgan fingerprint density at radius 2 is 1.93 bits per heavy atom. The minimum atomic E-state index is -0.199. The number of aryl methyl sites for hydroxylation is 1. The van der Waals surface area contributed by atoms with Gasteiger partial charge in [-0.05, 0) is 48.9 Å². The van der Waals surface area contributed by atoms with Crippen molar-refractivity contribution in [1.82, 2.24) is 0 Å². The lowest BCUT2D eigenvalue weighted by atomic mass is 9.95. The van der Waals surface area contributed by atoms with Gasteiger partial charge in [0.25, 0.3) is 0 Å². The molecule has 0 unspecified atom stereocenters. The zero-order valence-corrected chi connectivity index (χ0v) is 9.76. The van der Waals surface area contributed by atoms with Crippen molar-refractivity contribution in [3.05, 3.63) is 35.1 Å². The summed E-state index contributed by atoms with van der Waals surface area (Å²) in [5.41, 5.74) is 8.06. The zero-order valence-electron chi connectivity index (χ0n) is 9.76. The summed E-state index contributed by atoms with van der Waals surface area (Å²) in [5.74, 6) is 0.445. The molecule has 0 fully saturated rings. The van der Waals surface area contributed by atoms with Crippen LogP contribution >= 0.6 is 0 Å². The van der Waals surface area contributed by atoms with Crippen LogP contribution in [0.5, 0.6) is 0 Å². The number of nitrogens with two attached hydrogens (primary N) is 1. The van der Waals surface area contributed by atoms with Gasteiger partial charge in [-0.2, -0.15) is 0 Å². The Morgan fingerprint density at radius 3 is 2.53 bits per heavy atom. The molecule has 0 saturated heterocycles. The van der Waals surface area contributed by atoms with Crippen molar-refractivity contribution >= 4 is 0 Å². The van der Waals surface area contributed by atoms with E-state index in [4.69, 9.17) is 5.73 Å². The SMILES string of the molecule is Cc1ccc(F)cc1[C@@H](N)CCC(C)C. The number of rotatable bonds is 4. The molecule has 0 aliphatic rings. The summed E-state index contributed by atoms with van der Waals surface area (Å²) in [6.07, 6.45) is 2.00. The second kappa shape index (κ2) is 5.26. The number of hydrogen-bond acceptors (Lipinski definition) is 1. The first-order chi connectivity index (χ1) is 7.00. The van der Waals surface area contributed by atoms with E-state index in [2.05, 4.69) is 13.8 Å².